The second-order valence-electron chi connectivity index (χ2n) is 3.94. The van der Waals surface area contributed by atoms with Gasteiger partial charge in [-0.2, -0.15) is 0 Å². The van der Waals surface area contributed by atoms with Gasteiger partial charge < -0.3 is 10.1 Å². The quantitative estimate of drug-likeness (QED) is 0.711. The van der Waals surface area contributed by atoms with E-state index in [4.69, 9.17) is 16.3 Å². The zero-order valence-electron chi connectivity index (χ0n) is 7.96. The van der Waals surface area contributed by atoms with E-state index in [2.05, 4.69) is 11.9 Å². The Hall–Kier alpha value is -0.540. The molecule has 78 valence electrons. The second kappa shape index (κ2) is 3.91. The molecule has 0 aliphatic carbocycles. The first-order valence-corrected chi connectivity index (χ1v) is 5.35. The molecule has 2 aliphatic heterocycles. The molecule has 1 N–H and O–H groups in total. The molecule has 0 aromatic carbocycles. The van der Waals surface area contributed by atoms with Gasteiger partial charge >= 0.3 is 0 Å². The minimum Gasteiger partial charge on any atom is -0.373 e. The van der Waals surface area contributed by atoms with Gasteiger partial charge in [0.25, 0.3) is 5.91 Å². The minimum absolute atomic E-state index is 0.0464. The summed E-state index contributed by atoms with van der Waals surface area (Å²) in [5, 5.41) is 2.90. The molecule has 0 saturated carbocycles. The van der Waals surface area contributed by atoms with Crippen LogP contribution in [0.3, 0.4) is 0 Å². The van der Waals surface area contributed by atoms with Gasteiger partial charge in [-0.3, -0.25) is 4.79 Å². The maximum Gasteiger partial charge on any atom is 0.262 e. The fourth-order valence-electron chi connectivity index (χ4n) is 2.20. The van der Waals surface area contributed by atoms with Crippen LogP contribution in [-0.4, -0.2) is 24.2 Å². The Morgan fingerprint density at radius 2 is 2.07 bits per heavy atom. The minimum atomic E-state index is -0.273. The largest absolute Gasteiger partial charge is 0.373 e. The first-order chi connectivity index (χ1) is 6.66. The Labute approximate surface area is 88.5 Å². The van der Waals surface area contributed by atoms with Crippen molar-refractivity contribution in [2.75, 3.05) is 0 Å². The predicted octanol–water partition coefficient (Wildman–Crippen LogP) is 1.57. The summed E-state index contributed by atoms with van der Waals surface area (Å²) >= 11 is 5.50. The van der Waals surface area contributed by atoms with Crippen LogP contribution in [0, 0.1) is 0 Å². The average Bonchev–Trinajstić information content (AvgIpc) is 2.53. The first kappa shape index (κ1) is 9.99. The zero-order chi connectivity index (χ0) is 10.1. The summed E-state index contributed by atoms with van der Waals surface area (Å²) in [7, 11) is 0. The highest BCUT2D eigenvalue weighted by molar-refractivity contribution is 6.41. The molecule has 0 spiro atoms. The number of ether oxygens (including phenoxy) is 1. The fraction of sp³-hybridized carbons (Fsp3) is 0.700. The van der Waals surface area contributed by atoms with E-state index in [-0.39, 0.29) is 23.1 Å². The summed E-state index contributed by atoms with van der Waals surface area (Å²) < 4.78 is 5.70. The monoisotopic (exact) mass is 215 g/mol. The van der Waals surface area contributed by atoms with E-state index < -0.39 is 0 Å². The topological polar surface area (TPSA) is 38.3 Å². The van der Waals surface area contributed by atoms with E-state index >= 15 is 0 Å². The van der Waals surface area contributed by atoms with E-state index in [0.717, 1.165) is 25.7 Å². The van der Waals surface area contributed by atoms with E-state index in [0.29, 0.717) is 6.10 Å². The van der Waals surface area contributed by atoms with Gasteiger partial charge in [-0.1, -0.05) is 18.2 Å². The molecule has 2 heterocycles. The SMILES string of the molecule is C=C(Cl)C(=O)NC1CCC2CCC1O2. The van der Waals surface area contributed by atoms with E-state index in [1.165, 1.54) is 0 Å². The molecule has 4 heteroatoms. The molecule has 3 unspecified atom stereocenters. The first-order valence-electron chi connectivity index (χ1n) is 4.97. The summed E-state index contributed by atoms with van der Waals surface area (Å²) in [5.41, 5.74) is 0. The number of amides is 1. The molecule has 3 nitrogen and oxygen atoms in total. The van der Waals surface area contributed by atoms with E-state index in [1.54, 1.807) is 0 Å². The summed E-state index contributed by atoms with van der Waals surface area (Å²) in [6.07, 6.45) is 4.81. The summed E-state index contributed by atoms with van der Waals surface area (Å²) in [6, 6.07) is 0.122. The third kappa shape index (κ3) is 1.93. The summed E-state index contributed by atoms with van der Waals surface area (Å²) in [4.78, 5) is 11.3. The molecule has 14 heavy (non-hydrogen) atoms. The predicted molar refractivity (Wildman–Crippen MR) is 54.1 cm³/mol. The van der Waals surface area contributed by atoms with Crippen LogP contribution >= 0.6 is 11.6 Å². The van der Waals surface area contributed by atoms with Crippen LogP contribution in [0.4, 0.5) is 0 Å². The van der Waals surface area contributed by atoms with Gasteiger partial charge in [0.05, 0.1) is 23.3 Å². The number of rotatable bonds is 2. The lowest BCUT2D eigenvalue weighted by atomic mass is 10.0. The lowest BCUT2D eigenvalue weighted by Gasteiger charge is -2.29. The number of carbonyl (C=O) groups is 1. The summed E-state index contributed by atoms with van der Waals surface area (Å²) in [6.45, 7) is 3.39. The van der Waals surface area contributed by atoms with Gasteiger partial charge in [0.2, 0.25) is 0 Å². The van der Waals surface area contributed by atoms with Gasteiger partial charge in [-0.25, -0.2) is 0 Å². The number of carbonyl (C=O) groups excluding carboxylic acids is 1. The molecule has 0 radical (unpaired) electrons. The van der Waals surface area contributed by atoms with Crippen LogP contribution in [0.1, 0.15) is 25.7 Å². The van der Waals surface area contributed by atoms with Crippen LogP contribution in [-0.2, 0) is 9.53 Å². The molecular formula is C10H14ClNO2. The number of hydrogen-bond donors (Lipinski definition) is 1. The second-order valence-corrected chi connectivity index (χ2v) is 4.39. The van der Waals surface area contributed by atoms with Crippen molar-refractivity contribution in [2.45, 2.75) is 43.9 Å². The molecule has 2 fully saturated rings. The van der Waals surface area contributed by atoms with Crippen molar-refractivity contribution in [2.24, 2.45) is 0 Å². The third-order valence-corrected chi connectivity index (χ3v) is 3.12. The Morgan fingerprint density at radius 1 is 1.36 bits per heavy atom. The Kier molecular flexibility index (Phi) is 2.79. The van der Waals surface area contributed by atoms with Crippen molar-refractivity contribution < 1.29 is 9.53 Å². The molecule has 1 amide bonds. The third-order valence-electron chi connectivity index (χ3n) is 2.95. The maximum atomic E-state index is 11.3. The fourth-order valence-corrected chi connectivity index (χ4v) is 2.26. The standard InChI is InChI=1S/C10H14ClNO2/c1-6(11)10(13)12-8-4-2-7-3-5-9(8)14-7/h7-9H,1-5H2,(H,12,13). The van der Waals surface area contributed by atoms with Crippen molar-refractivity contribution >= 4 is 17.5 Å². The highest BCUT2D eigenvalue weighted by atomic mass is 35.5. The van der Waals surface area contributed by atoms with Gasteiger partial charge in [-0.05, 0) is 25.7 Å². The van der Waals surface area contributed by atoms with Crippen molar-refractivity contribution in [3.63, 3.8) is 0 Å². The maximum absolute atomic E-state index is 11.3. The molecule has 2 aliphatic rings. The Morgan fingerprint density at radius 3 is 2.79 bits per heavy atom. The van der Waals surface area contributed by atoms with Crippen LogP contribution in [0.15, 0.2) is 11.6 Å². The molecule has 0 aromatic heterocycles. The van der Waals surface area contributed by atoms with Crippen LogP contribution in [0.2, 0.25) is 0 Å². The number of halogens is 1. The normalized spacial score (nSPS) is 35.4. The Balaban J connectivity index is 1.92. The number of hydrogen-bond acceptors (Lipinski definition) is 2. The molecule has 3 atom stereocenters. The van der Waals surface area contributed by atoms with E-state index in [1.807, 2.05) is 0 Å². The smallest absolute Gasteiger partial charge is 0.262 e. The van der Waals surface area contributed by atoms with Gasteiger partial charge in [-0.15, -0.1) is 0 Å². The zero-order valence-corrected chi connectivity index (χ0v) is 8.72. The van der Waals surface area contributed by atoms with Crippen LogP contribution < -0.4 is 5.32 Å². The number of fused-ring (bicyclic) bond motifs is 2. The van der Waals surface area contributed by atoms with Crippen molar-refractivity contribution in [3.8, 4) is 0 Å². The highest BCUT2D eigenvalue weighted by Crippen LogP contribution is 2.32. The average molecular weight is 216 g/mol. The van der Waals surface area contributed by atoms with Gasteiger partial charge in [0, 0.05) is 0 Å². The molecule has 0 aromatic rings. The summed E-state index contributed by atoms with van der Waals surface area (Å²) in [5.74, 6) is -0.273. The van der Waals surface area contributed by atoms with Gasteiger partial charge in [0.15, 0.2) is 0 Å². The lowest BCUT2D eigenvalue weighted by Crippen LogP contribution is -2.45. The lowest BCUT2D eigenvalue weighted by molar-refractivity contribution is -0.119. The Bertz CT molecular complexity index is 267. The van der Waals surface area contributed by atoms with Crippen molar-refractivity contribution in [1.29, 1.82) is 0 Å². The number of nitrogens with one attached hydrogen (secondary N) is 1. The van der Waals surface area contributed by atoms with Crippen LogP contribution in [0.5, 0.6) is 0 Å². The molecular weight excluding hydrogens is 202 g/mol. The van der Waals surface area contributed by atoms with Crippen LogP contribution in [0.25, 0.3) is 0 Å². The van der Waals surface area contributed by atoms with Crippen molar-refractivity contribution in [1.82, 2.24) is 5.32 Å². The molecule has 2 rings (SSSR count). The van der Waals surface area contributed by atoms with E-state index in [9.17, 15) is 4.79 Å². The van der Waals surface area contributed by atoms with Crippen molar-refractivity contribution in [3.05, 3.63) is 11.6 Å². The molecule has 2 saturated heterocycles. The highest BCUT2D eigenvalue weighted by Gasteiger charge is 2.37. The van der Waals surface area contributed by atoms with Gasteiger partial charge in [0.1, 0.15) is 0 Å². The molecule has 2 bridgehead atoms.